The normalized spacial score (nSPS) is 16.1. The van der Waals surface area contributed by atoms with Crippen molar-refractivity contribution in [2.75, 3.05) is 6.54 Å². The summed E-state index contributed by atoms with van der Waals surface area (Å²) in [6, 6.07) is 4.57. The van der Waals surface area contributed by atoms with Crippen LogP contribution in [0.2, 0.25) is 0 Å². The van der Waals surface area contributed by atoms with E-state index in [9.17, 15) is 8.78 Å². The fraction of sp³-hybridized carbons (Fsp3) is 0.333. The lowest BCUT2D eigenvalue weighted by atomic mass is 10.2. The Balaban J connectivity index is 1.88. The molecule has 0 radical (unpaired) electrons. The molecule has 1 nitrogen and oxygen atoms in total. The van der Waals surface area contributed by atoms with Crippen molar-refractivity contribution >= 4 is 6.08 Å². The lowest BCUT2D eigenvalue weighted by molar-refractivity contribution is 0.508. The quantitative estimate of drug-likeness (QED) is 0.804. The van der Waals surface area contributed by atoms with E-state index in [1.54, 1.807) is 12.1 Å². The molecule has 0 atom stereocenters. The molecule has 0 spiro atoms. The van der Waals surface area contributed by atoms with Crippen LogP contribution in [0, 0.1) is 11.6 Å². The highest BCUT2D eigenvalue weighted by molar-refractivity contribution is 5.49. The summed E-state index contributed by atoms with van der Waals surface area (Å²) < 4.78 is 25.4. The summed E-state index contributed by atoms with van der Waals surface area (Å²) in [5.41, 5.74) is 0.687. The highest BCUT2D eigenvalue weighted by Gasteiger charge is 2.18. The van der Waals surface area contributed by atoms with Gasteiger partial charge in [-0.25, -0.2) is 8.78 Å². The van der Waals surface area contributed by atoms with Gasteiger partial charge in [0.25, 0.3) is 0 Å². The van der Waals surface area contributed by atoms with E-state index in [0.717, 1.165) is 12.6 Å². The van der Waals surface area contributed by atoms with Gasteiger partial charge in [0.1, 0.15) is 0 Å². The predicted octanol–water partition coefficient (Wildman–Crippen LogP) is 2.73. The number of halogens is 2. The first-order chi connectivity index (χ1) is 7.25. The Morgan fingerprint density at radius 3 is 2.73 bits per heavy atom. The summed E-state index contributed by atoms with van der Waals surface area (Å²) in [6.07, 6.45) is 6.21. The third-order valence-corrected chi connectivity index (χ3v) is 2.36. The molecule has 1 aromatic carbocycles. The van der Waals surface area contributed by atoms with E-state index >= 15 is 0 Å². The number of hydrogen-bond acceptors (Lipinski definition) is 1. The van der Waals surface area contributed by atoms with Gasteiger partial charge in [0.2, 0.25) is 0 Å². The number of hydrogen-bond donors (Lipinski definition) is 1. The maximum Gasteiger partial charge on any atom is 0.159 e. The van der Waals surface area contributed by atoms with E-state index in [2.05, 4.69) is 5.32 Å². The van der Waals surface area contributed by atoms with Crippen molar-refractivity contribution in [2.24, 2.45) is 0 Å². The second-order valence-corrected chi connectivity index (χ2v) is 3.76. The zero-order chi connectivity index (χ0) is 10.7. The molecule has 0 saturated heterocycles. The molecule has 0 amide bonds. The van der Waals surface area contributed by atoms with Crippen LogP contribution in [-0.2, 0) is 0 Å². The zero-order valence-corrected chi connectivity index (χ0v) is 8.34. The minimum atomic E-state index is -0.803. The fourth-order valence-electron chi connectivity index (χ4n) is 1.33. The van der Waals surface area contributed by atoms with E-state index in [4.69, 9.17) is 0 Å². The van der Waals surface area contributed by atoms with Gasteiger partial charge in [-0.05, 0) is 30.5 Å². The van der Waals surface area contributed by atoms with Crippen LogP contribution in [0.1, 0.15) is 18.4 Å². The summed E-state index contributed by atoms with van der Waals surface area (Å²) in [6.45, 7) is 0.781. The molecule has 2 rings (SSSR count). The first kappa shape index (κ1) is 10.3. The van der Waals surface area contributed by atoms with Gasteiger partial charge < -0.3 is 5.32 Å². The molecule has 1 fully saturated rings. The molecule has 0 aliphatic heterocycles. The molecule has 80 valence electrons. The molecule has 1 saturated carbocycles. The van der Waals surface area contributed by atoms with Crippen molar-refractivity contribution in [1.29, 1.82) is 0 Å². The van der Waals surface area contributed by atoms with Crippen LogP contribution in [0.5, 0.6) is 0 Å². The zero-order valence-electron chi connectivity index (χ0n) is 8.34. The molecule has 3 heteroatoms. The van der Waals surface area contributed by atoms with Gasteiger partial charge in [-0.1, -0.05) is 18.2 Å². The largest absolute Gasteiger partial charge is 0.311 e. The summed E-state index contributed by atoms with van der Waals surface area (Å²) in [4.78, 5) is 0. The van der Waals surface area contributed by atoms with Crippen molar-refractivity contribution in [3.8, 4) is 0 Å². The smallest absolute Gasteiger partial charge is 0.159 e. The number of nitrogens with one attached hydrogen (secondary N) is 1. The molecule has 15 heavy (non-hydrogen) atoms. The summed E-state index contributed by atoms with van der Waals surface area (Å²) >= 11 is 0. The second kappa shape index (κ2) is 4.53. The van der Waals surface area contributed by atoms with E-state index in [-0.39, 0.29) is 0 Å². The van der Waals surface area contributed by atoms with Gasteiger partial charge in [0.15, 0.2) is 11.6 Å². The van der Waals surface area contributed by atoms with Crippen molar-refractivity contribution in [3.05, 3.63) is 41.5 Å². The van der Waals surface area contributed by atoms with Gasteiger partial charge in [-0.2, -0.15) is 0 Å². The van der Waals surface area contributed by atoms with Crippen LogP contribution >= 0.6 is 0 Å². The predicted molar refractivity (Wildman–Crippen MR) is 56.4 cm³/mol. The van der Waals surface area contributed by atoms with Crippen LogP contribution in [0.4, 0.5) is 8.78 Å². The third kappa shape index (κ3) is 3.13. The number of rotatable bonds is 4. The van der Waals surface area contributed by atoms with E-state index in [0.29, 0.717) is 11.6 Å². The van der Waals surface area contributed by atoms with Crippen molar-refractivity contribution in [2.45, 2.75) is 18.9 Å². The van der Waals surface area contributed by atoms with Crippen LogP contribution < -0.4 is 5.32 Å². The van der Waals surface area contributed by atoms with E-state index in [1.165, 1.54) is 18.9 Å². The molecule has 1 N–H and O–H groups in total. The Hall–Kier alpha value is -1.22. The number of benzene rings is 1. The monoisotopic (exact) mass is 209 g/mol. The maximum atomic E-state index is 12.8. The molecular weight excluding hydrogens is 196 g/mol. The third-order valence-electron chi connectivity index (χ3n) is 2.36. The average molecular weight is 209 g/mol. The lowest BCUT2D eigenvalue weighted by Gasteiger charge is -1.97. The minimum absolute atomic E-state index is 0.666. The molecule has 1 aliphatic carbocycles. The Morgan fingerprint density at radius 2 is 2.07 bits per heavy atom. The SMILES string of the molecule is Fc1ccc(C=CCNC2CC2)cc1F. The van der Waals surface area contributed by atoms with Crippen LogP contribution in [0.15, 0.2) is 24.3 Å². The van der Waals surface area contributed by atoms with Crippen LogP contribution in [0.3, 0.4) is 0 Å². The molecular formula is C12H13F2N. The topological polar surface area (TPSA) is 12.0 Å². The van der Waals surface area contributed by atoms with Crippen LogP contribution in [-0.4, -0.2) is 12.6 Å². The summed E-state index contributed by atoms with van der Waals surface area (Å²) in [7, 11) is 0. The molecule has 1 aromatic rings. The molecule has 0 unspecified atom stereocenters. The van der Waals surface area contributed by atoms with Gasteiger partial charge in [-0.3, -0.25) is 0 Å². The van der Waals surface area contributed by atoms with E-state index in [1.807, 2.05) is 6.08 Å². The molecule has 0 bridgehead atoms. The van der Waals surface area contributed by atoms with Crippen LogP contribution in [0.25, 0.3) is 6.08 Å². The summed E-state index contributed by atoms with van der Waals surface area (Å²) in [5.74, 6) is -1.60. The van der Waals surface area contributed by atoms with Gasteiger partial charge in [-0.15, -0.1) is 0 Å². The average Bonchev–Trinajstić information content (AvgIpc) is 3.02. The fourth-order valence-corrected chi connectivity index (χ4v) is 1.33. The van der Waals surface area contributed by atoms with Crippen molar-refractivity contribution < 1.29 is 8.78 Å². The minimum Gasteiger partial charge on any atom is -0.311 e. The van der Waals surface area contributed by atoms with Crippen molar-refractivity contribution in [3.63, 3.8) is 0 Å². The Kier molecular flexibility index (Phi) is 3.11. The first-order valence-electron chi connectivity index (χ1n) is 5.10. The van der Waals surface area contributed by atoms with Gasteiger partial charge in [0.05, 0.1) is 0 Å². The Labute approximate surface area is 87.8 Å². The van der Waals surface area contributed by atoms with Gasteiger partial charge >= 0.3 is 0 Å². The van der Waals surface area contributed by atoms with E-state index < -0.39 is 11.6 Å². The Bertz CT molecular complexity index is 370. The molecule has 0 heterocycles. The van der Waals surface area contributed by atoms with Gasteiger partial charge in [0, 0.05) is 12.6 Å². The second-order valence-electron chi connectivity index (χ2n) is 3.76. The standard InChI is InChI=1S/C12H13F2N/c13-11-6-3-9(8-12(11)14)2-1-7-15-10-4-5-10/h1-3,6,8,10,15H,4-5,7H2. The highest BCUT2D eigenvalue weighted by Crippen LogP contribution is 2.18. The highest BCUT2D eigenvalue weighted by atomic mass is 19.2. The van der Waals surface area contributed by atoms with Crippen molar-refractivity contribution in [1.82, 2.24) is 5.32 Å². The molecule has 0 aromatic heterocycles. The lowest BCUT2D eigenvalue weighted by Crippen LogP contribution is -2.15. The first-order valence-corrected chi connectivity index (χ1v) is 5.10. The summed E-state index contributed by atoms with van der Waals surface area (Å²) in [5, 5.41) is 3.30. The molecule has 1 aliphatic rings. The Morgan fingerprint density at radius 1 is 1.27 bits per heavy atom. The maximum absolute atomic E-state index is 12.8.